The molecule has 0 aromatic carbocycles. The smallest absolute Gasteiger partial charge is 0.358 e. The zero-order valence-corrected chi connectivity index (χ0v) is 9.93. The number of aromatic carboxylic acids is 1. The molecule has 6 heteroatoms. The van der Waals surface area contributed by atoms with Crippen LogP contribution >= 0.6 is 0 Å². The molecule has 1 saturated heterocycles. The largest absolute Gasteiger partial charge is 0.476 e. The Morgan fingerprint density at radius 1 is 1.65 bits per heavy atom. The molecule has 1 fully saturated rings. The van der Waals surface area contributed by atoms with Gasteiger partial charge < -0.3 is 9.84 Å². The third kappa shape index (κ3) is 2.46. The van der Waals surface area contributed by atoms with Crippen LogP contribution in [0.25, 0.3) is 0 Å². The van der Waals surface area contributed by atoms with Gasteiger partial charge in [-0.25, -0.2) is 9.48 Å². The number of carboxylic acid groups (broad SMARTS) is 1. The molecular weight excluding hydrogens is 222 g/mol. The molecule has 0 saturated carbocycles. The molecule has 1 aromatic rings. The Bertz CT molecular complexity index is 397. The average molecular weight is 239 g/mol. The summed E-state index contributed by atoms with van der Waals surface area (Å²) < 4.78 is 7.23. The van der Waals surface area contributed by atoms with Gasteiger partial charge in [-0.05, 0) is 19.3 Å². The summed E-state index contributed by atoms with van der Waals surface area (Å²) in [5.74, 6) is -1.03. The van der Waals surface area contributed by atoms with Crippen molar-refractivity contribution >= 4 is 5.97 Å². The van der Waals surface area contributed by atoms with Crippen molar-refractivity contribution in [1.82, 2.24) is 15.0 Å². The van der Waals surface area contributed by atoms with Gasteiger partial charge in [0.05, 0.1) is 0 Å². The molecule has 1 aromatic heterocycles. The first-order chi connectivity index (χ1) is 8.24. The third-order valence-electron chi connectivity index (χ3n) is 2.93. The standard InChI is InChI=1S/C11H17N3O3/c1-2-3-6-14-10(8-5-4-7-17-8)9(11(15)16)12-13-14/h8H,2-7H2,1H3,(H,15,16). The van der Waals surface area contributed by atoms with Crippen molar-refractivity contribution < 1.29 is 14.6 Å². The van der Waals surface area contributed by atoms with Crippen LogP contribution in [0.2, 0.25) is 0 Å². The molecule has 94 valence electrons. The van der Waals surface area contributed by atoms with Crippen molar-refractivity contribution in [1.29, 1.82) is 0 Å². The van der Waals surface area contributed by atoms with E-state index in [0.717, 1.165) is 25.7 Å². The van der Waals surface area contributed by atoms with Crippen molar-refractivity contribution in [2.24, 2.45) is 0 Å². The monoisotopic (exact) mass is 239 g/mol. The number of unbranched alkanes of at least 4 members (excludes halogenated alkanes) is 1. The normalized spacial score (nSPS) is 19.7. The van der Waals surface area contributed by atoms with Gasteiger partial charge in [0, 0.05) is 13.2 Å². The molecule has 2 heterocycles. The number of nitrogens with zero attached hydrogens (tertiary/aromatic N) is 3. The van der Waals surface area contributed by atoms with Gasteiger partial charge in [-0.2, -0.15) is 0 Å². The number of ether oxygens (including phenoxy) is 1. The molecule has 0 radical (unpaired) electrons. The first kappa shape index (κ1) is 12.0. The quantitative estimate of drug-likeness (QED) is 0.845. The van der Waals surface area contributed by atoms with Gasteiger partial charge in [0.1, 0.15) is 11.8 Å². The molecule has 1 aliphatic rings. The van der Waals surface area contributed by atoms with Crippen LogP contribution in [-0.2, 0) is 11.3 Å². The van der Waals surface area contributed by atoms with Crippen LogP contribution in [0.3, 0.4) is 0 Å². The summed E-state index contributed by atoms with van der Waals surface area (Å²) in [6, 6.07) is 0. The van der Waals surface area contributed by atoms with E-state index in [0.29, 0.717) is 18.8 Å². The van der Waals surface area contributed by atoms with E-state index in [-0.39, 0.29) is 11.8 Å². The van der Waals surface area contributed by atoms with Crippen LogP contribution in [0.4, 0.5) is 0 Å². The van der Waals surface area contributed by atoms with Crippen LogP contribution in [0.15, 0.2) is 0 Å². The number of rotatable bonds is 5. The molecule has 1 unspecified atom stereocenters. The molecule has 17 heavy (non-hydrogen) atoms. The van der Waals surface area contributed by atoms with Crippen LogP contribution < -0.4 is 0 Å². The van der Waals surface area contributed by atoms with E-state index in [1.165, 1.54) is 0 Å². The van der Waals surface area contributed by atoms with Crippen molar-refractivity contribution in [3.63, 3.8) is 0 Å². The van der Waals surface area contributed by atoms with Gasteiger partial charge in [-0.3, -0.25) is 0 Å². The molecule has 0 aliphatic carbocycles. The van der Waals surface area contributed by atoms with Crippen molar-refractivity contribution in [3.8, 4) is 0 Å². The van der Waals surface area contributed by atoms with Gasteiger partial charge in [0.25, 0.3) is 0 Å². The lowest BCUT2D eigenvalue weighted by molar-refractivity contribution is 0.0671. The minimum Gasteiger partial charge on any atom is -0.476 e. The number of carboxylic acids is 1. The Morgan fingerprint density at radius 3 is 3.06 bits per heavy atom. The molecule has 0 amide bonds. The van der Waals surface area contributed by atoms with E-state index in [1.807, 2.05) is 0 Å². The van der Waals surface area contributed by atoms with E-state index >= 15 is 0 Å². The predicted octanol–water partition coefficient (Wildman–Crippen LogP) is 1.63. The highest BCUT2D eigenvalue weighted by Crippen LogP contribution is 2.30. The van der Waals surface area contributed by atoms with Crippen LogP contribution in [-0.4, -0.2) is 32.7 Å². The van der Waals surface area contributed by atoms with Crippen molar-refractivity contribution in [2.45, 2.75) is 45.3 Å². The third-order valence-corrected chi connectivity index (χ3v) is 2.93. The summed E-state index contributed by atoms with van der Waals surface area (Å²) in [5.41, 5.74) is 0.663. The maximum absolute atomic E-state index is 11.1. The van der Waals surface area contributed by atoms with Crippen molar-refractivity contribution in [3.05, 3.63) is 11.4 Å². The molecular formula is C11H17N3O3. The van der Waals surface area contributed by atoms with Gasteiger partial charge in [0.15, 0.2) is 5.69 Å². The molecule has 0 spiro atoms. The second-order valence-electron chi connectivity index (χ2n) is 4.21. The lowest BCUT2D eigenvalue weighted by atomic mass is 10.1. The summed E-state index contributed by atoms with van der Waals surface area (Å²) in [5, 5.41) is 16.8. The Labute approximate surface area is 99.6 Å². The zero-order chi connectivity index (χ0) is 12.3. The van der Waals surface area contributed by atoms with E-state index in [1.54, 1.807) is 4.68 Å². The number of hydrogen-bond donors (Lipinski definition) is 1. The Balaban J connectivity index is 2.28. The highest BCUT2D eigenvalue weighted by atomic mass is 16.5. The number of aromatic nitrogens is 3. The Morgan fingerprint density at radius 2 is 2.47 bits per heavy atom. The molecule has 2 rings (SSSR count). The number of hydrogen-bond acceptors (Lipinski definition) is 4. The van der Waals surface area contributed by atoms with Crippen LogP contribution in [0.1, 0.15) is 54.9 Å². The molecule has 1 aliphatic heterocycles. The molecule has 0 bridgehead atoms. The SMILES string of the molecule is CCCCn1nnc(C(=O)O)c1C1CCCO1. The van der Waals surface area contributed by atoms with E-state index in [4.69, 9.17) is 9.84 Å². The van der Waals surface area contributed by atoms with Gasteiger partial charge >= 0.3 is 5.97 Å². The summed E-state index contributed by atoms with van der Waals surface area (Å²) >= 11 is 0. The Kier molecular flexibility index (Phi) is 3.73. The molecule has 1 atom stereocenters. The van der Waals surface area contributed by atoms with Gasteiger partial charge in [-0.15, -0.1) is 5.10 Å². The molecule has 1 N–H and O–H groups in total. The maximum atomic E-state index is 11.1. The fourth-order valence-corrected chi connectivity index (χ4v) is 2.06. The lowest BCUT2D eigenvalue weighted by Gasteiger charge is -2.12. The lowest BCUT2D eigenvalue weighted by Crippen LogP contribution is -2.12. The van der Waals surface area contributed by atoms with E-state index in [9.17, 15) is 4.79 Å². The topological polar surface area (TPSA) is 77.2 Å². The van der Waals surface area contributed by atoms with Gasteiger partial charge in [0.2, 0.25) is 0 Å². The van der Waals surface area contributed by atoms with Crippen molar-refractivity contribution in [2.75, 3.05) is 6.61 Å². The first-order valence-corrected chi connectivity index (χ1v) is 6.02. The average Bonchev–Trinajstić information content (AvgIpc) is 2.94. The minimum absolute atomic E-state index is 0.0352. The second kappa shape index (κ2) is 5.27. The maximum Gasteiger partial charge on any atom is 0.358 e. The zero-order valence-electron chi connectivity index (χ0n) is 9.93. The highest BCUT2D eigenvalue weighted by molar-refractivity contribution is 5.86. The summed E-state index contributed by atoms with van der Waals surface area (Å²) in [7, 11) is 0. The van der Waals surface area contributed by atoms with Crippen LogP contribution in [0.5, 0.6) is 0 Å². The fourth-order valence-electron chi connectivity index (χ4n) is 2.06. The predicted molar refractivity (Wildman–Crippen MR) is 59.8 cm³/mol. The summed E-state index contributed by atoms with van der Waals surface area (Å²) in [4.78, 5) is 11.1. The van der Waals surface area contributed by atoms with Gasteiger partial charge in [-0.1, -0.05) is 18.6 Å². The second-order valence-corrected chi connectivity index (χ2v) is 4.21. The number of aryl methyl sites for hydroxylation is 1. The Hall–Kier alpha value is -1.43. The van der Waals surface area contributed by atoms with Crippen LogP contribution in [0, 0.1) is 0 Å². The first-order valence-electron chi connectivity index (χ1n) is 6.02. The van der Waals surface area contributed by atoms with E-state index < -0.39 is 5.97 Å². The minimum atomic E-state index is -1.03. The fraction of sp³-hybridized carbons (Fsp3) is 0.727. The summed E-state index contributed by atoms with van der Waals surface area (Å²) in [6.07, 6.45) is 3.64. The summed E-state index contributed by atoms with van der Waals surface area (Å²) in [6.45, 7) is 3.47. The number of carbonyl (C=O) groups is 1. The highest BCUT2D eigenvalue weighted by Gasteiger charge is 2.29. The molecule has 6 nitrogen and oxygen atoms in total. The van der Waals surface area contributed by atoms with E-state index in [2.05, 4.69) is 17.2 Å².